The highest BCUT2D eigenvalue weighted by Crippen LogP contribution is 2.21. The molecule has 106 valence electrons. The summed E-state index contributed by atoms with van der Waals surface area (Å²) < 4.78 is 0. The lowest BCUT2D eigenvalue weighted by molar-refractivity contribution is -0.124. The highest BCUT2D eigenvalue weighted by molar-refractivity contribution is 6.35. The highest BCUT2D eigenvalue weighted by atomic mass is 35.5. The number of nitrogens with one attached hydrogen (secondary N) is 1. The molecule has 0 aliphatic carbocycles. The van der Waals surface area contributed by atoms with Gasteiger partial charge in [0.15, 0.2) is 0 Å². The largest absolute Gasteiger partial charge is 0.356 e. The Morgan fingerprint density at radius 1 is 1.37 bits per heavy atom. The van der Waals surface area contributed by atoms with E-state index in [1.807, 2.05) is 26.0 Å². The molecule has 0 aliphatic heterocycles. The predicted molar refractivity (Wildman–Crippen MR) is 80.6 cm³/mol. The van der Waals surface area contributed by atoms with Crippen LogP contribution in [0.3, 0.4) is 0 Å². The third-order valence-corrected chi connectivity index (χ3v) is 3.73. The van der Waals surface area contributed by atoms with Crippen LogP contribution in [0.2, 0.25) is 10.0 Å². The number of amides is 1. The zero-order valence-electron chi connectivity index (χ0n) is 11.2. The molecule has 3 nitrogen and oxygen atoms in total. The third-order valence-electron chi connectivity index (χ3n) is 3.14. The number of halogens is 2. The Morgan fingerprint density at radius 2 is 2.05 bits per heavy atom. The molecule has 0 saturated carbocycles. The van der Waals surface area contributed by atoms with Gasteiger partial charge in [-0.2, -0.15) is 0 Å². The summed E-state index contributed by atoms with van der Waals surface area (Å²) in [7, 11) is 0. The smallest absolute Gasteiger partial charge is 0.224 e. The topological polar surface area (TPSA) is 55.1 Å². The van der Waals surface area contributed by atoms with Crippen LogP contribution >= 0.6 is 23.2 Å². The molecule has 0 bridgehead atoms. The summed E-state index contributed by atoms with van der Waals surface area (Å²) in [5, 5.41) is 4.18. The van der Waals surface area contributed by atoms with Gasteiger partial charge in [0.1, 0.15) is 0 Å². The summed E-state index contributed by atoms with van der Waals surface area (Å²) in [6.45, 7) is 4.28. The van der Waals surface area contributed by atoms with Crippen molar-refractivity contribution in [2.24, 2.45) is 11.7 Å². The Hall–Kier alpha value is -0.770. The fourth-order valence-electron chi connectivity index (χ4n) is 1.61. The number of aryl methyl sites for hydroxylation is 1. The lowest BCUT2D eigenvalue weighted by Gasteiger charge is -2.15. The van der Waals surface area contributed by atoms with Crippen molar-refractivity contribution in [2.75, 3.05) is 6.54 Å². The number of rotatable bonds is 6. The number of nitrogens with two attached hydrogens (primary N) is 1. The Kier molecular flexibility index (Phi) is 6.63. The van der Waals surface area contributed by atoms with Gasteiger partial charge in [-0.15, -0.1) is 0 Å². The van der Waals surface area contributed by atoms with Crippen molar-refractivity contribution in [3.05, 3.63) is 33.8 Å². The zero-order valence-corrected chi connectivity index (χ0v) is 12.8. The van der Waals surface area contributed by atoms with Crippen LogP contribution in [-0.4, -0.2) is 18.5 Å². The molecule has 0 heterocycles. The second-order valence-electron chi connectivity index (χ2n) is 4.78. The maximum Gasteiger partial charge on any atom is 0.224 e. The fraction of sp³-hybridized carbons (Fsp3) is 0.500. The highest BCUT2D eigenvalue weighted by Gasteiger charge is 2.15. The standard InChI is InChI=1S/C14H20Cl2N2O/c1-9(10(2)17)14(19)18-7-3-4-11-5-6-12(15)8-13(11)16/h5-6,8-10H,3-4,7,17H2,1-2H3,(H,18,19). The summed E-state index contributed by atoms with van der Waals surface area (Å²) in [5.41, 5.74) is 6.72. The third kappa shape index (κ3) is 5.39. The van der Waals surface area contributed by atoms with Gasteiger partial charge >= 0.3 is 0 Å². The van der Waals surface area contributed by atoms with Crippen molar-refractivity contribution in [1.29, 1.82) is 0 Å². The van der Waals surface area contributed by atoms with Gasteiger partial charge in [0, 0.05) is 28.5 Å². The first-order chi connectivity index (χ1) is 8.91. The lowest BCUT2D eigenvalue weighted by atomic mass is 10.0. The molecule has 0 radical (unpaired) electrons. The molecule has 1 aromatic rings. The second-order valence-corrected chi connectivity index (χ2v) is 5.62. The van der Waals surface area contributed by atoms with E-state index in [0.717, 1.165) is 18.4 Å². The Bertz CT molecular complexity index is 435. The minimum absolute atomic E-state index is 0.00259. The molecule has 1 rings (SSSR count). The predicted octanol–water partition coefficient (Wildman–Crippen LogP) is 3.03. The molecule has 0 aromatic heterocycles. The van der Waals surface area contributed by atoms with Gasteiger partial charge in [0.25, 0.3) is 0 Å². The summed E-state index contributed by atoms with van der Waals surface area (Å²) in [6, 6.07) is 5.33. The number of carbonyl (C=O) groups excluding carboxylic acids is 1. The van der Waals surface area contributed by atoms with Crippen LogP contribution < -0.4 is 11.1 Å². The number of carbonyl (C=O) groups is 1. The fourth-order valence-corrected chi connectivity index (χ4v) is 2.12. The van der Waals surface area contributed by atoms with Crippen molar-refractivity contribution in [3.8, 4) is 0 Å². The van der Waals surface area contributed by atoms with Crippen molar-refractivity contribution in [2.45, 2.75) is 32.7 Å². The Labute approximate surface area is 124 Å². The van der Waals surface area contributed by atoms with Gasteiger partial charge in [0.05, 0.1) is 0 Å². The maximum absolute atomic E-state index is 11.7. The molecule has 5 heteroatoms. The Balaban J connectivity index is 2.33. The molecule has 0 spiro atoms. The first-order valence-electron chi connectivity index (χ1n) is 6.39. The van der Waals surface area contributed by atoms with Crippen molar-refractivity contribution in [3.63, 3.8) is 0 Å². The summed E-state index contributed by atoms with van der Waals surface area (Å²) in [4.78, 5) is 11.7. The van der Waals surface area contributed by atoms with Crippen LogP contribution in [0, 0.1) is 5.92 Å². The lowest BCUT2D eigenvalue weighted by Crippen LogP contribution is -2.39. The van der Waals surface area contributed by atoms with Crippen LogP contribution in [0.25, 0.3) is 0 Å². The average molecular weight is 303 g/mol. The van der Waals surface area contributed by atoms with Gasteiger partial charge in [-0.05, 0) is 37.5 Å². The monoisotopic (exact) mass is 302 g/mol. The minimum Gasteiger partial charge on any atom is -0.356 e. The number of hydrogen-bond acceptors (Lipinski definition) is 2. The van der Waals surface area contributed by atoms with E-state index in [1.54, 1.807) is 6.07 Å². The van der Waals surface area contributed by atoms with Gasteiger partial charge in [0.2, 0.25) is 5.91 Å². The molecular formula is C14H20Cl2N2O. The van der Waals surface area contributed by atoms with Crippen molar-refractivity contribution < 1.29 is 4.79 Å². The summed E-state index contributed by atoms with van der Waals surface area (Å²) >= 11 is 11.9. The molecule has 1 amide bonds. The van der Waals surface area contributed by atoms with Crippen LogP contribution in [0.1, 0.15) is 25.8 Å². The number of benzene rings is 1. The zero-order chi connectivity index (χ0) is 14.4. The SMILES string of the molecule is CC(N)C(C)C(=O)NCCCc1ccc(Cl)cc1Cl. The first-order valence-corrected chi connectivity index (χ1v) is 7.14. The van der Waals surface area contributed by atoms with E-state index < -0.39 is 0 Å². The van der Waals surface area contributed by atoms with Crippen LogP contribution in [-0.2, 0) is 11.2 Å². The normalized spacial score (nSPS) is 13.9. The Morgan fingerprint density at radius 3 is 2.63 bits per heavy atom. The molecule has 3 N–H and O–H groups in total. The van der Waals surface area contributed by atoms with Crippen LogP contribution in [0.5, 0.6) is 0 Å². The molecule has 1 aromatic carbocycles. The van der Waals surface area contributed by atoms with E-state index in [4.69, 9.17) is 28.9 Å². The maximum atomic E-state index is 11.7. The summed E-state index contributed by atoms with van der Waals surface area (Å²) in [5.74, 6) is -0.170. The van der Waals surface area contributed by atoms with Crippen molar-refractivity contribution >= 4 is 29.1 Å². The molecule has 0 fully saturated rings. The molecule has 2 atom stereocenters. The molecule has 0 saturated heterocycles. The molecular weight excluding hydrogens is 283 g/mol. The van der Waals surface area contributed by atoms with Crippen molar-refractivity contribution in [1.82, 2.24) is 5.32 Å². The van der Waals surface area contributed by atoms with E-state index >= 15 is 0 Å². The van der Waals surface area contributed by atoms with E-state index in [9.17, 15) is 4.79 Å². The molecule has 0 aliphatic rings. The number of hydrogen-bond donors (Lipinski definition) is 2. The van der Waals surface area contributed by atoms with E-state index in [2.05, 4.69) is 5.32 Å². The van der Waals surface area contributed by atoms with E-state index in [1.165, 1.54) is 0 Å². The first kappa shape index (κ1) is 16.3. The van der Waals surface area contributed by atoms with Gasteiger partial charge in [-0.25, -0.2) is 0 Å². The molecule has 19 heavy (non-hydrogen) atoms. The average Bonchev–Trinajstić information content (AvgIpc) is 2.35. The van der Waals surface area contributed by atoms with Gasteiger partial charge < -0.3 is 11.1 Å². The van der Waals surface area contributed by atoms with E-state index in [0.29, 0.717) is 16.6 Å². The summed E-state index contributed by atoms with van der Waals surface area (Å²) in [6.07, 6.45) is 1.64. The van der Waals surface area contributed by atoms with Gasteiger partial charge in [-0.1, -0.05) is 36.2 Å². The van der Waals surface area contributed by atoms with Gasteiger partial charge in [-0.3, -0.25) is 4.79 Å². The quantitative estimate of drug-likeness (QED) is 0.794. The van der Waals surface area contributed by atoms with Crippen LogP contribution in [0.15, 0.2) is 18.2 Å². The van der Waals surface area contributed by atoms with Crippen LogP contribution in [0.4, 0.5) is 0 Å². The second kappa shape index (κ2) is 7.73. The molecule has 2 unspecified atom stereocenters. The van der Waals surface area contributed by atoms with E-state index in [-0.39, 0.29) is 17.9 Å². The minimum atomic E-state index is -0.167.